The molecule has 0 saturated heterocycles. The third-order valence-electron chi connectivity index (χ3n) is 5.42. The highest BCUT2D eigenvalue weighted by molar-refractivity contribution is 6.30. The molecule has 3 N–H and O–H groups in total. The van der Waals surface area contributed by atoms with Crippen molar-refractivity contribution in [2.45, 2.75) is 19.0 Å². The van der Waals surface area contributed by atoms with Crippen LogP contribution in [-0.2, 0) is 5.41 Å². The smallest absolute Gasteiger partial charge is 0.387 e. The van der Waals surface area contributed by atoms with Gasteiger partial charge in [0, 0.05) is 11.6 Å². The molecule has 3 nitrogen and oxygen atoms in total. The standard InChI is InChI=1S/C24H21ClF2N2O/c1-15-10-19(8-9-21(15)30-23(26)27)24(13-22(28)29-14-24)18-6-2-4-16(11-18)17-5-3-7-20(25)12-17/h2-13,23,29H,14,28H2,1H3. The van der Waals surface area contributed by atoms with E-state index in [9.17, 15) is 8.78 Å². The van der Waals surface area contributed by atoms with Gasteiger partial charge in [0.05, 0.1) is 11.2 Å². The molecule has 1 aliphatic rings. The Morgan fingerprint density at radius 3 is 2.33 bits per heavy atom. The predicted molar refractivity (Wildman–Crippen MR) is 116 cm³/mol. The Bertz CT molecular complexity index is 1120. The molecular weight excluding hydrogens is 406 g/mol. The van der Waals surface area contributed by atoms with Gasteiger partial charge < -0.3 is 15.8 Å². The predicted octanol–water partition coefficient (Wildman–Crippen LogP) is 5.61. The van der Waals surface area contributed by atoms with Crippen LogP contribution in [0.2, 0.25) is 5.02 Å². The maximum atomic E-state index is 12.7. The molecule has 30 heavy (non-hydrogen) atoms. The minimum Gasteiger partial charge on any atom is -0.435 e. The Balaban J connectivity index is 1.81. The second-order valence-electron chi connectivity index (χ2n) is 7.37. The maximum Gasteiger partial charge on any atom is 0.387 e. The lowest BCUT2D eigenvalue weighted by molar-refractivity contribution is -0.0503. The van der Waals surface area contributed by atoms with Crippen molar-refractivity contribution in [2.75, 3.05) is 6.54 Å². The number of halogens is 3. The summed E-state index contributed by atoms with van der Waals surface area (Å²) < 4.78 is 29.9. The van der Waals surface area contributed by atoms with Crippen LogP contribution in [-0.4, -0.2) is 13.2 Å². The lowest BCUT2D eigenvalue weighted by atomic mass is 9.74. The van der Waals surface area contributed by atoms with E-state index in [2.05, 4.69) is 16.1 Å². The van der Waals surface area contributed by atoms with Crippen LogP contribution in [0.15, 0.2) is 78.6 Å². The lowest BCUT2D eigenvalue weighted by Gasteiger charge is -2.29. The third kappa shape index (κ3) is 3.85. The largest absolute Gasteiger partial charge is 0.435 e. The summed E-state index contributed by atoms with van der Waals surface area (Å²) >= 11 is 6.17. The Kier molecular flexibility index (Phi) is 5.39. The van der Waals surface area contributed by atoms with Crippen LogP contribution in [0.3, 0.4) is 0 Å². The highest BCUT2D eigenvalue weighted by Gasteiger charge is 2.37. The van der Waals surface area contributed by atoms with E-state index < -0.39 is 12.0 Å². The van der Waals surface area contributed by atoms with E-state index >= 15 is 0 Å². The fourth-order valence-corrected chi connectivity index (χ4v) is 4.14. The average Bonchev–Trinajstić information content (AvgIpc) is 3.12. The summed E-state index contributed by atoms with van der Waals surface area (Å²) in [5.41, 5.74) is 10.2. The van der Waals surface area contributed by atoms with Gasteiger partial charge in [0.15, 0.2) is 0 Å². The van der Waals surface area contributed by atoms with E-state index in [-0.39, 0.29) is 5.75 Å². The molecule has 1 heterocycles. The Hall–Kier alpha value is -3.05. The van der Waals surface area contributed by atoms with E-state index in [4.69, 9.17) is 17.3 Å². The summed E-state index contributed by atoms with van der Waals surface area (Å²) in [6.07, 6.45) is 1.98. The van der Waals surface area contributed by atoms with Crippen molar-refractivity contribution in [1.29, 1.82) is 0 Å². The lowest BCUT2D eigenvalue weighted by Crippen LogP contribution is -2.31. The van der Waals surface area contributed by atoms with Gasteiger partial charge in [-0.25, -0.2) is 0 Å². The molecule has 0 spiro atoms. The zero-order valence-corrected chi connectivity index (χ0v) is 17.1. The molecule has 0 radical (unpaired) electrons. The molecule has 6 heteroatoms. The zero-order chi connectivity index (χ0) is 21.3. The number of hydrogen-bond acceptors (Lipinski definition) is 3. The number of aryl methyl sites for hydroxylation is 1. The molecule has 1 aliphatic heterocycles. The highest BCUT2D eigenvalue weighted by atomic mass is 35.5. The number of nitrogens with two attached hydrogens (primary N) is 1. The molecule has 154 valence electrons. The molecule has 3 aromatic carbocycles. The number of ether oxygens (including phenoxy) is 1. The normalized spacial score (nSPS) is 18.2. The van der Waals surface area contributed by atoms with E-state index in [0.29, 0.717) is 23.0 Å². The van der Waals surface area contributed by atoms with Gasteiger partial charge in [-0.05, 0) is 65.1 Å². The summed E-state index contributed by atoms with van der Waals surface area (Å²) in [6, 6.07) is 21.1. The summed E-state index contributed by atoms with van der Waals surface area (Å²) in [5, 5.41) is 3.88. The highest BCUT2D eigenvalue weighted by Crippen LogP contribution is 2.40. The molecular formula is C24H21ClF2N2O. The molecule has 0 amide bonds. The molecule has 0 aromatic heterocycles. The van der Waals surface area contributed by atoms with E-state index in [1.165, 1.54) is 0 Å². The molecule has 0 fully saturated rings. The van der Waals surface area contributed by atoms with Crippen LogP contribution in [0.4, 0.5) is 8.78 Å². The number of alkyl halides is 2. The Labute approximate surface area is 179 Å². The van der Waals surface area contributed by atoms with Gasteiger partial charge in [0.2, 0.25) is 0 Å². The van der Waals surface area contributed by atoms with Crippen LogP contribution in [0.5, 0.6) is 5.75 Å². The van der Waals surface area contributed by atoms with Crippen LogP contribution in [0, 0.1) is 6.92 Å². The number of nitrogens with one attached hydrogen (secondary N) is 1. The quantitative estimate of drug-likeness (QED) is 0.557. The van der Waals surface area contributed by atoms with Crippen LogP contribution >= 0.6 is 11.6 Å². The molecule has 4 rings (SSSR count). The van der Waals surface area contributed by atoms with Crippen molar-refractivity contribution in [3.05, 3.63) is 100 Å². The number of benzene rings is 3. The molecule has 0 aliphatic carbocycles. The molecule has 0 bridgehead atoms. The Morgan fingerprint density at radius 1 is 1.00 bits per heavy atom. The van der Waals surface area contributed by atoms with Gasteiger partial charge in [0.25, 0.3) is 0 Å². The summed E-state index contributed by atoms with van der Waals surface area (Å²) in [6.45, 7) is -0.541. The molecule has 0 saturated carbocycles. The summed E-state index contributed by atoms with van der Waals surface area (Å²) in [4.78, 5) is 0. The van der Waals surface area contributed by atoms with Crippen LogP contribution < -0.4 is 15.8 Å². The van der Waals surface area contributed by atoms with E-state index in [1.807, 2.05) is 60.7 Å². The zero-order valence-electron chi connectivity index (χ0n) is 16.3. The molecule has 1 unspecified atom stereocenters. The van der Waals surface area contributed by atoms with Crippen molar-refractivity contribution in [3.8, 4) is 16.9 Å². The van der Waals surface area contributed by atoms with Gasteiger partial charge in [-0.1, -0.05) is 54.1 Å². The van der Waals surface area contributed by atoms with Gasteiger partial charge in [0.1, 0.15) is 5.75 Å². The van der Waals surface area contributed by atoms with Gasteiger partial charge in [-0.2, -0.15) is 8.78 Å². The van der Waals surface area contributed by atoms with Gasteiger partial charge >= 0.3 is 6.61 Å². The van der Waals surface area contributed by atoms with Crippen molar-refractivity contribution in [2.24, 2.45) is 5.73 Å². The van der Waals surface area contributed by atoms with Crippen molar-refractivity contribution in [3.63, 3.8) is 0 Å². The van der Waals surface area contributed by atoms with Crippen molar-refractivity contribution >= 4 is 11.6 Å². The van der Waals surface area contributed by atoms with Gasteiger partial charge in [-0.15, -0.1) is 0 Å². The van der Waals surface area contributed by atoms with Crippen molar-refractivity contribution < 1.29 is 13.5 Å². The second-order valence-corrected chi connectivity index (χ2v) is 7.81. The minimum absolute atomic E-state index is 0.166. The summed E-state index contributed by atoms with van der Waals surface area (Å²) in [7, 11) is 0. The molecule has 3 aromatic rings. The third-order valence-corrected chi connectivity index (χ3v) is 5.65. The van der Waals surface area contributed by atoms with E-state index in [1.54, 1.807) is 13.0 Å². The topological polar surface area (TPSA) is 47.3 Å². The Morgan fingerprint density at radius 2 is 1.70 bits per heavy atom. The first-order chi connectivity index (χ1) is 14.4. The maximum absolute atomic E-state index is 12.7. The fourth-order valence-electron chi connectivity index (χ4n) is 3.95. The first kappa shape index (κ1) is 20.2. The SMILES string of the molecule is Cc1cc(C2(c3cccc(-c4cccc(Cl)c4)c3)C=C(N)NC2)ccc1OC(F)F. The van der Waals surface area contributed by atoms with Gasteiger partial charge in [-0.3, -0.25) is 0 Å². The second kappa shape index (κ2) is 8.00. The first-order valence-electron chi connectivity index (χ1n) is 9.52. The van der Waals surface area contributed by atoms with Crippen LogP contribution in [0.1, 0.15) is 16.7 Å². The average molecular weight is 427 g/mol. The van der Waals surface area contributed by atoms with E-state index in [0.717, 1.165) is 22.3 Å². The first-order valence-corrected chi connectivity index (χ1v) is 9.90. The fraction of sp³-hybridized carbons (Fsp3) is 0.167. The minimum atomic E-state index is -2.86. The number of rotatable bonds is 5. The summed E-state index contributed by atoms with van der Waals surface area (Å²) in [5.74, 6) is 0.744. The number of hydrogen-bond donors (Lipinski definition) is 2. The monoisotopic (exact) mass is 426 g/mol. The van der Waals surface area contributed by atoms with Crippen LogP contribution in [0.25, 0.3) is 11.1 Å². The van der Waals surface area contributed by atoms with Crippen molar-refractivity contribution in [1.82, 2.24) is 5.32 Å². The molecule has 1 atom stereocenters.